The number of nitrogens with zero attached hydrogens (tertiary/aromatic N) is 3. The molecular weight excluding hydrogens is 370 g/mol. The Balaban J connectivity index is 0.00000225. The van der Waals surface area contributed by atoms with Gasteiger partial charge in [-0.25, -0.2) is 4.68 Å². The molecule has 5 heteroatoms. The minimum absolute atomic E-state index is 0. The highest BCUT2D eigenvalue weighted by molar-refractivity contribution is 5.85. The lowest BCUT2D eigenvalue weighted by molar-refractivity contribution is 0.270. The molecule has 1 saturated heterocycles. The lowest BCUT2D eigenvalue weighted by Crippen LogP contribution is -2.29. The third-order valence-electron chi connectivity index (χ3n) is 5.34. The maximum atomic E-state index is 13.0. The van der Waals surface area contributed by atoms with Crippen LogP contribution in [-0.4, -0.2) is 27.8 Å². The summed E-state index contributed by atoms with van der Waals surface area (Å²) in [7, 11) is 0. The number of likely N-dealkylation sites (tertiary alicyclic amines) is 1. The maximum Gasteiger partial charge on any atom is 0.274 e. The minimum Gasteiger partial charge on any atom is -0.299 e. The molecule has 28 heavy (non-hydrogen) atoms. The van der Waals surface area contributed by atoms with Crippen molar-refractivity contribution in [3.63, 3.8) is 0 Å². The van der Waals surface area contributed by atoms with Gasteiger partial charge in [-0.05, 0) is 43.0 Å². The van der Waals surface area contributed by atoms with Gasteiger partial charge in [0.1, 0.15) is 0 Å². The summed E-state index contributed by atoms with van der Waals surface area (Å²) in [5.41, 5.74) is 3.05. The normalized spacial score (nSPS) is 17.5. The smallest absolute Gasteiger partial charge is 0.274 e. The highest BCUT2D eigenvalue weighted by Crippen LogP contribution is 2.23. The van der Waals surface area contributed by atoms with Gasteiger partial charge in [0.2, 0.25) is 0 Å². The van der Waals surface area contributed by atoms with Gasteiger partial charge in [0.25, 0.3) is 5.56 Å². The van der Waals surface area contributed by atoms with Crippen LogP contribution < -0.4 is 5.56 Å². The van der Waals surface area contributed by atoms with E-state index in [-0.39, 0.29) is 24.0 Å². The van der Waals surface area contributed by atoms with Crippen molar-refractivity contribution in [2.75, 3.05) is 13.1 Å². The summed E-state index contributed by atoms with van der Waals surface area (Å²) in [6, 6.07) is 22.5. The Bertz CT molecular complexity index is 927. The summed E-state index contributed by atoms with van der Waals surface area (Å²) in [6.45, 7) is 3.03. The van der Waals surface area contributed by atoms with Crippen molar-refractivity contribution in [1.82, 2.24) is 14.7 Å². The van der Waals surface area contributed by atoms with E-state index < -0.39 is 0 Å². The zero-order chi connectivity index (χ0) is 18.5. The summed E-state index contributed by atoms with van der Waals surface area (Å²) in [5, 5.41) is 4.42. The number of hydrogen-bond donors (Lipinski definition) is 0. The Labute approximate surface area is 172 Å². The molecule has 0 bridgehead atoms. The molecule has 0 aliphatic carbocycles. The SMILES string of the molecule is Cl.O=c1c(-c2ccccc2)ccnn1C1CCCN(Cc2ccccc2)CC1. The zero-order valence-electron chi connectivity index (χ0n) is 15.9. The molecule has 1 fully saturated rings. The van der Waals surface area contributed by atoms with Crippen molar-refractivity contribution in [3.05, 3.63) is 88.8 Å². The molecule has 0 spiro atoms. The zero-order valence-corrected chi connectivity index (χ0v) is 16.7. The Hall–Kier alpha value is -2.43. The van der Waals surface area contributed by atoms with Gasteiger partial charge >= 0.3 is 0 Å². The first-order valence-corrected chi connectivity index (χ1v) is 9.71. The van der Waals surface area contributed by atoms with E-state index in [4.69, 9.17) is 0 Å². The molecule has 2 heterocycles. The highest BCUT2D eigenvalue weighted by Gasteiger charge is 2.21. The van der Waals surface area contributed by atoms with Gasteiger partial charge in [0.15, 0.2) is 0 Å². The fourth-order valence-corrected chi connectivity index (χ4v) is 3.91. The van der Waals surface area contributed by atoms with E-state index in [0.717, 1.165) is 50.0 Å². The molecule has 2 aromatic carbocycles. The first-order valence-electron chi connectivity index (χ1n) is 9.71. The van der Waals surface area contributed by atoms with Crippen LogP contribution in [-0.2, 0) is 6.54 Å². The molecule has 4 nitrogen and oxygen atoms in total. The molecule has 1 aromatic heterocycles. The molecule has 3 aromatic rings. The van der Waals surface area contributed by atoms with Crippen LogP contribution in [0.5, 0.6) is 0 Å². The second kappa shape index (κ2) is 9.67. The fourth-order valence-electron chi connectivity index (χ4n) is 3.91. The first kappa shape index (κ1) is 20.3. The standard InChI is InChI=1S/C23H25N3O.ClH/c27-23-22(20-10-5-2-6-11-20)13-15-24-26(23)21-12-7-16-25(17-14-21)18-19-8-3-1-4-9-19;/h1-6,8-11,13,15,21H,7,12,14,16-18H2;1H. The summed E-state index contributed by atoms with van der Waals surface area (Å²) >= 11 is 0. The monoisotopic (exact) mass is 395 g/mol. The van der Waals surface area contributed by atoms with Crippen molar-refractivity contribution in [3.8, 4) is 11.1 Å². The average molecular weight is 396 g/mol. The van der Waals surface area contributed by atoms with Gasteiger partial charge < -0.3 is 0 Å². The third-order valence-corrected chi connectivity index (χ3v) is 5.34. The number of benzene rings is 2. The largest absolute Gasteiger partial charge is 0.299 e. The summed E-state index contributed by atoms with van der Waals surface area (Å²) < 4.78 is 1.72. The number of rotatable bonds is 4. The van der Waals surface area contributed by atoms with Crippen molar-refractivity contribution in [1.29, 1.82) is 0 Å². The van der Waals surface area contributed by atoms with E-state index in [2.05, 4.69) is 40.3 Å². The summed E-state index contributed by atoms with van der Waals surface area (Å²) in [6.07, 6.45) is 4.80. The Morgan fingerprint density at radius 3 is 2.36 bits per heavy atom. The van der Waals surface area contributed by atoms with Crippen LogP contribution in [0.15, 0.2) is 77.7 Å². The van der Waals surface area contributed by atoms with E-state index in [0.29, 0.717) is 0 Å². The first-order chi connectivity index (χ1) is 13.3. The molecule has 146 valence electrons. The quantitative estimate of drug-likeness (QED) is 0.650. The second-order valence-corrected chi connectivity index (χ2v) is 7.21. The van der Waals surface area contributed by atoms with Gasteiger partial charge in [-0.15, -0.1) is 12.4 Å². The van der Waals surface area contributed by atoms with E-state index in [9.17, 15) is 4.79 Å². The van der Waals surface area contributed by atoms with E-state index in [1.165, 1.54) is 5.56 Å². The van der Waals surface area contributed by atoms with E-state index in [1.807, 2.05) is 36.4 Å². The third kappa shape index (κ3) is 4.70. The van der Waals surface area contributed by atoms with Gasteiger partial charge in [-0.1, -0.05) is 60.7 Å². The highest BCUT2D eigenvalue weighted by atomic mass is 35.5. The van der Waals surface area contributed by atoms with Crippen molar-refractivity contribution in [2.24, 2.45) is 0 Å². The summed E-state index contributed by atoms with van der Waals surface area (Å²) in [4.78, 5) is 15.5. The van der Waals surface area contributed by atoms with Crippen LogP contribution in [0.1, 0.15) is 30.9 Å². The molecule has 1 atom stereocenters. The summed E-state index contributed by atoms with van der Waals surface area (Å²) in [5.74, 6) is 0. The lowest BCUT2D eigenvalue weighted by Gasteiger charge is -2.20. The molecule has 0 radical (unpaired) electrons. The predicted molar refractivity (Wildman–Crippen MR) is 116 cm³/mol. The number of aromatic nitrogens is 2. The van der Waals surface area contributed by atoms with Gasteiger partial charge in [0.05, 0.1) is 11.6 Å². The van der Waals surface area contributed by atoms with Gasteiger partial charge in [-0.2, -0.15) is 5.10 Å². The topological polar surface area (TPSA) is 38.1 Å². The number of hydrogen-bond acceptors (Lipinski definition) is 3. The van der Waals surface area contributed by atoms with Crippen LogP contribution in [0.2, 0.25) is 0 Å². The molecule has 1 unspecified atom stereocenters. The second-order valence-electron chi connectivity index (χ2n) is 7.21. The Kier molecular flexibility index (Phi) is 7.01. The molecule has 0 saturated carbocycles. The maximum absolute atomic E-state index is 13.0. The van der Waals surface area contributed by atoms with Crippen LogP contribution in [0, 0.1) is 0 Å². The Morgan fingerprint density at radius 1 is 0.893 bits per heavy atom. The minimum atomic E-state index is 0. The molecule has 1 aliphatic heterocycles. The predicted octanol–water partition coefficient (Wildman–Crippen LogP) is 4.56. The van der Waals surface area contributed by atoms with Gasteiger partial charge in [-0.3, -0.25) is 9.69 Å². The van der Waals surface area contributed by atoms with E-state index >= 15 is 0 Å². The molecular formula is C23H26ClN3O. The molecule has 1 aliphatic rings. The van der Waals surface area contributed by atoms with Gasteiger partial charge in [0, 0.05) is 19.3 Å². The van der Waals surface area contributed by atoms with Crippen LogP contribution in [0.4, 0.5) is 0 Å². The van der Waals surface area contributed by atoms with Crippen LogP contribution in [0.25, 0.3) is 11.1 Å². The van der Waals surface area contributed by atoms with Crippen molar-refractivity contribution < 1.29 is 0 Å². The Morgan fingerprint density at radius 2 is 1.61 bits per heavy atom. The number of halogens is 1. The molecule has 0 amide bonds. The van der Waals surface area contributed by atoms with Crippen LogP contribution in [0.3, 0.4) is 0 Å². The average Bonchev–Trinajstić information content (AvgIpc) is 2.95. The molecule has 4 rings (SSSR count). The van der Waals surface area contributed by atoms with E-state index in [1.54, 1.807) is 10.9 Å². The van der Waals surface area contributed by atoms with Crippen molar-refractivity contribution >= 4 is 12.4 Å². The lowest BCUT2D eigenvalue weighted by atomic mass is 10.1. The van der Waals surface area contributed by atoms with Crippen LogP contribution >= 0.6 is 12.4 Å². The van der Waals surface area contributed by atoms with Crippen molar-refractivity contribution in [2.45, 2.75) is 31.8 Å². The fraction of sp³-hybridized carbons (Fsp3) is 0.304. The molecule has 0 N–H and O–H groups in total.